The number of carbonyl (C=O) groups excluding carboxylic acids is 2. The predicted molar refractivity (Wildman–Crippen MR) is 61.2 cm³/mol. The van der Waals surface area contributed by atoms with E-state index in [2.05, 4.69) is 5.32 Å². The van der Waals surface area contributed by atoms with Gasteiger partial charge in [-0.05, 0) is 33.6 Å². The Kier molecular flexibility index (Phi) is 4.33. The molecule has 1 N–H and O–H groups in total. The largest absolute Gasteiger partial charge is 0.444 e. The molecule has 0 aromatic heterocycles. The summed E-state index contributed by atoms with van der Waals surface area (Å²) in [6, 6.07) is 0. The lowest BCUT2D eigenvalue weighted by atomic mass is 9.88. The zero-order valence-corrected chi connectivity index (χ0v) is 10.3. The number of hydrogen-bond acceptors (Lipinski definition) is 3. The van der Waals surface area contributed by atoms with Gasteiger partial charge in [-0.2, -0.15) is 0 Å². The first-order valence-electron chi connectivity index (χ1n) is 5.88. The highest BCUT2D eigenvalue weighted by Crippen LogP contribution is 2.19. The van der Waals surface area contributed by atoms with Gasteiger partial charge in [-0.1, -0.05) is 6.42 Å². The Labute approximate surface area is 96.7 Å². The Morgan fingerprint density at radius 2 is 2.12 bits per heavy atom. The van der Waals surface area contributed by atoms with Crippen molar-refractivity contribution < 1.29 is 14.3 Å². The van der Waals surface area contributed by atoms with Crippen LogP contribution in [0, 0.1) is 5.92 Å². The number of amides is 1. The van der Waals surface area contributed by atoms with Gasteiger partial charge in [0.15, 0.2) is 0 Å². The summed E-state index contributed by atoms with van der Waals surface area (Å²) in [6.07, 6.45) is 3.16. The minimum absolute atomic E-state index is 0.0127. The van der Waals surface area contributed by atoms with E-state index in [4.69, 9.17) is 4.74 Å². The number of rotatable bonds is 2. The van der Waals surface area contributed by atoms with Crippen molar-refractivity contribution in [3.05, 3.63) is 0 Å². The van der Waals surface area contributed by atoms with E-state index in [0.717, 1.165) is 19.3 Å². The van der Waals surface area contributed by atoms with E-state index in [9.17, 15) is 9.59 Å². The summed E-state index contributed by atoms with van der Waals surface area (Å²) in [5.74, 6) is 0.253. The van der Waals surface area contributed by atoms with E-state index < -0.39 is 11.7 Å². The Bertz CT molecular complexity index is 268. The zero-order valence-electron chi connectivity index (χ0n) is 10.3. The summed E-state index contributed by atoms with van der Waals surface area (Å²) < 4.78 is 5.10. The Morgan fingerprint density at radius 3 is 2.69 bits per heavy atom. The van der Waals surface area contributed by atoms with Crippen molar-refractivity contribution >= 4 is 11.9 Å². The quantitative estimate of drug-likeness (QED) is 0.787. The molecule has 0 radical (unpaired) electrons. The molecule has 0 saturated heterocycles. The number of ether oxygens (including phenoxy) is 1. The molecule has 4 heteroatoms. The monoisotopic (exact) mass is 227 g/mol. The molecule has 1 amide bonds. The van der Waals surface area contributed by atoms with E-state index in [1.807, 2.05) is 20.8 Å². The molecule has 0 heterocycles. The highest BCUT2D eigenvalue weighted by atomic mass is 16.6. The van der Waals surface area contributed by atoms with Crippen LogP contribution in [0.2, 0.25) is 0 Å². The van der Waals surface area contributed by atoms with Crippen LogP contribution in [0.15, 0.2) is 0 Å². The maximum atomic E-state index is 11.5. The average molecular weight is 227 g/mol. The second-order valence-corrected chi connectivity index (χ2v) is 5.29. The van der Waals surface area contributed by atoms with Gasteiger partial charge >= 0.3 is 6.09 Å². The molecule has 16 heavy (non-hydrogen) atoms. The summed E-state index contributed by atoms with van der Waals surface area (Å²) in [5, 5.41) is 2.66. The van der Waals surface area contributed by atoms with Crippen LogP contribution in [0.25, 0.3) is 0 Å². The van der Waals surface area contributed by atoms with E-state index >= 15 is 0 Å². The molecule has 0 aliphatic heterocycles. The second kappa shape index (κ2) is 5.32. The second-order valence-electron chi connectivity index (χ2n) is 5.29. The fourth-order valence-electron chi connectivity index (χ4n) is 1.79. The number of alkyl carbamates (subject to hydrolysis) is 1. The predicted octanol–water partition coefficient (Wildman–Crippen LogP) is 2.27. The van der Waals surface area contributed by atoms with Gasteiger partial charge in [0.25, 0.3) is 0 Å². The molecule has 92 valence electrons. The molecule has 0 spiro atoms. The Hall–Kier alpha value is -1.06. The minimum Gasteiger partial charge on any atom is -0.444 e. The van der Waals surface area contributed by atoms with Gasteiger partial charge in [-0.25, -0.2) is 4.79 Å². The van der Waals surface area contributed by atoms with Crippen molar-refractivity contribution in [3.8, 4) is 0 Å². The van der Waals surface area contributed by atoms with Crippen LogP contribution in [-0.2, 0) is 9.53 Å². The average Bonchev–Trinajstić information content (AvgIpc) is 2.14. The molecule has 1 aliphatic rings. The van der Waals surface area contributed by atoms with Gasteiger partial charge in [0, 0.05) is 18.9 Å². The topological polar surface area (TPSA) is 55.4 Å². The first kappa shape index (κ1) is 13.0. The number of Topliss-reactive ketones (excluding diaryl/α,β-unsaturated/α-hetero) is 1. The fourth-order valence-corrected chi connectivity index (χ4v) is 1.79. The van der Waals surface area contributed by atoms with Crippen molar-refractivity contribution in [3.63, 3.8) is 0 Å². The zero-order chi connectivity index (χ0) is 12.2. The van der Waals surface area contributed by atoms with Crippen molar-refractivity contribution in [2.75, 3.05) is 6.54 Å². The highest BCUT2D eigenvalue weighted by molar-refractivity contribution is 5.82. The molecule has 0 bridgehead atoms. The van der Waals surface area contributed by atoms with Crippen LogP contribution < -0.4 is 5.32 Å². The Balaban J connectivity index is 2.28. The first-order valence-corrected chi connectivity index (χ1v) is 5.88. The third-order valence-corrected chi connectivity index (χ3v) is 2.57. The van der Waals surface area contributed by atoms with Crippen LogP contribution in [0.3, 0.4) is 0 Å². The van der Waals surface area contributed by atoms with Gasteiger partial charge in [-0.3, -0.25) is 4.79 Å². The normalized spacial score (nSPS) is 21.7. The molecule has 1 saturated carbocycles. The summed E-state index contributed by atoms with van der Waals surface area (Å²) in [6.45, 7) is 5.86. The SMILES string of the molecule is CC(C)(C)OC(=O)NCC1CCCCC1=O. The summed E-state index contributed by atoms with van der Waals surface area (Å²) in [5.41, 5.74) is -0.485. The molecule has 1 atom stereocenters. The highest BCUT2D eigenvalue weighted by Gasteiger charge is 2.23. The summed E-state index contributed by atoms with van der Waals surface area (Å²) in [4.78, 5) is 22.9. The standard InChI is InChI=1S/C12H21NO3/c1-12(2,3)16-11(15)13-8-9-6-4-5-7-10(9)14/h9H,4-8H2,1-3H3,(H,13,15). The molecule has 4 nitrogen and oxygen atoms in total. The van der Waals surface area contributed by atoms with Gasteiger partial charge in [0.2, 0.25) is 0 Å². The maximum absolute atomic E-state index is 11.5. The van der Waals surface area contributed by atoms with Crippen LogP contribution in [-0.4, -0.2) is 24.0 Å². The maximum Gasteiger partial charge on any atom is 0.407 e. The van der Waals surface area contributed by atoms with Crippen molar-refractivity contribution in [2.45, 2.75) is 52.1 Å². The number of ketones is 1. The van der Waals surface area contributed by atoms with E-state index in [1.54, 1.807) is 0 Å². The van der Waals surface area contributed by atoms with Gasteiger partial charge in [0.1, 0.15) is 11.4 Å². The molecule has 0 aromatic carbocycles. The van der Waals surface area contributed by atoms with E-state index in [-0.39, 0.29) is 11.7 Å². The Morgan fingerprint density at radius 1 is 1.44 bits per heavy atom. The number of carbonyl (C=O) groups is 2. The van der Waals surface area contributed by atoms with Crippen LogP contribution >= 0.6 is 0 Å². The van der Waals surface area contributed by atoms with Crippen LogP contribution in [0.5, 0.6) is 0 Å². The van der Waals surface area contributed by atoms with Crippen molar-refractivity contribution in [1.29, 1.82) is 0 Å². The molecule has 1 fully saturated rings. The molecular weight excluding hydrogens is 206 g/mol. The number of hydrogen-bond donors (Lipinski definition) is 1. The third kappa shape index (κ3) is 4.64. The molecule has 1 unspecified atom stereocenters. The summed E-state index contributed by atoms with van der Waals surface area (Å²) in [7, 11) is 0. The van der Waals surface area contributed by atoms with E-state index in [0.29, 0.717) is 13.0 Å². The lowest BCUT2D eigenvalue weighted by molar-refractivity contribution is -0.124. The van der Waals surface area contributed by atoms with Crippen molar-refractivity contribution in [1.82, 2.24) is 5.32 Å². The third-order valence-electron chi connectivity index (χ3n) is 2.57. The fraction of sp³-hybridized carbons (Fsp3) is 0.833. The molecule has 1 aliphatic carbocycles. The van der Waals surface area contributed by atoms with Gasteiger partial charge in [0.05, 0.1) is 0 Å². The van der Waals surface area contributed by atoms with Crippen LogP contribution in [0.1, 0.15) is 46.5 Å². The number of nitrogens with one attached hydrogen (secondary N) is 1. The van der Waals surface area contributed by atoms with Gasteiger partial charge in [-0.15, -0.1) is 0 Å². The molecule has 1 rings (SSSR count). The van der Waals surface area contributed by atoms with Gasteiger partial charge < -0.3 is 10.1 Å². The molecule has 0 aromatic rings. The lowest BCUT2D eigenvalue weighted by Gasteiger charge is -2.23. The van der Waals surface area contributed by atoms with Crippen LogP contribution in [0.4, 0.5) is 4.79 Å². The van der Waals surface area contributed by atoms with E-state index in [1.165, 1.54) is 0 Å². The minimum atomic E-state index is -0.485. The molecular formula is C12H21NO3. The van der Waals surface area contributed by atoms with Crippen molar-refractivity contribution in [2.24, 2.45) is 5.92 Å². The summed E-state index contributed by atoms with van der Waals surface area (Å²) >= 11 is 0. The first-order chi connectivity index (χ1) is 7.38. The lowest BCUT2D eigenvalue weighted by Crippen LogP contribution is -2.37. The smallest absolute Gasteiger partial charge is 0.407 e.